The number of halogens is 2. The van der Waals surface area contributed by atoms with Crippen molar-refractivity contribution in [2.45, 2.75) is 25.9 Å². The SMILES string of the molecule is C[C@H](Cc1ccc(Cl)c(Cl)c1)C(=O)NC1N=C(c2ccc3c(c2)CCNC3=O)c2ccccc2N(C)C1=O. The van der Waals surface area contributed by atoms with Gasteiger partial charge in [0.1, 0.15) is 0 Å². The molecule has 0 saturated heterocycles. The van der Waals surface area contributed by atoms with Crippen molar-refractivity contribution in [2.24, 2.45) is 10.9 Å². The van der Waals surface area contributed by atoms with Gasteiger partial charge in [-0.25, -0.2) is 4.99 Å². The van der Waals surface area contributed by atoms with Crippen LogP contribution < -0.4 is 15.5 Å². The van der Waals surface area contributed by atoms with Crippen molar-refractivity contribution in [2.75, 3.05) is 18.5 Å². The Morgan fingerprint density at radius 3 is 2.66 bits per heavy atom. The van der Waals surface area contributed by atoms with Crippen LogP contribution in [-0.4, -0.2) is 43.2 Å². The zero-order valence-electron chi connectivity index (χ0n) is 20.9. The van der Waals surface area contributed by atoms with Gasteiger partial charge in [-0.1, -0.05) is 60.5 Å². The van der Waals surface area contributed by atoms with E-state index in [1.54, 1.807) is 32.2 Å². The molecule has 2 aliphatic rings. The number of anilines is 1. The fourth-order valence-corrected chi connectivity index (χ4v) is 5.13. The van der Waals surface area contributed by atoms with Gasteiger partial charge in [-0.15, -0.1) is 0 Å². The molecular formula is C29H26Cl2N4O3. The summed E-state index contributed by atoms with van der Waals surface area (Å²) in [5, 5.41) is 6.57. The minimum absolute atomic E-state index is 0.1000. The number of nitrogens with zero attached hydrogens (tertiary/aromatic N) is 2. The highest BCUT2D eigenvalue weighted by Gasteiger charge is 2.32. The highest BCUT2D eigenvalue weighted by Crippen LogP contribution is 2.29. The van der Waals surface area contributed by atoms with E-state index in [4.69, 9.17) is 28.2 Å². The summed E-state index contributed by atoms with van der Waals surface area (Å²) < 4.78 is 0. The molecule has 3 amide bonds. The monoisotopic (exact) mass is 548 g/mol. The molecule has 2 heterocycles. The van der Waals surface area contributed by atoms with E-state index in [1.807, 2.05) is 42.5 Å². The molecule has 5 rings (SSSR count). The summed E-state index contributed by atoms with van der Waals surface area (Å²) in [4.78, 5) is 45.3. The van der Waals surface area contributed by atoms with Crippen molar-refractivity contribution in [3.8, 4) is 0 Å². The second kappa shape index (κ2) is 10.6. The average molecular weight is 549 g/mol. The maximum absolute atomic E-state index is 13.5. The molecule has 7 nitrogen and oxygen atoms in total. The first-order valence-electron chi connectivity index (χ1n) is 12.3. The highest BCUT2D eigenvalue weighted by atomic mass is 35.5. The smallest absolute Gasteiger partial charge is 0.272 e. The summed E-state index contributed by atoms with van der Waals surface area (Å²) in [5.74, 6) is -1.20. The minimum atomic E-state index is -1.12. The van der Waals surface area contributed by atoms with E-state index in [1.165, 1.54) is 4.90 Å². The third kappa shape index (κ3) is 5.04. The molecule has 0 aliphatic carbocycles. The largest absolute Gasteiger partial charge is 0.352 e. The fourth-order valence-electron chi connectivity index (χ4n) is 4.81. The van der Waals surface area contributed by atoms with Gasteiger partial charge in [-0.3, -0.25) is 14.4 Å². The van der Waals surface area contributed by atoms with Crippen LogP contribution in [0.15, 0.2) is 65.7 Å². The summed E-state index contributed by atoms with van der Waals surface area (Å²) in [7, 11) is 1.68. The van der Waals surface area contributed by atoms with Crippen LogP contribution in [0.25, 0.3) is 0 Å². The molecule has 0 fully saturated rings. The molecule has 2 N–H and O–H groups in total. The number of hydrogen-bond donors (Lipinski definition) is 2. The summed E-state index contributed by atoms with van der Waals surface area (Å²) in [6.45, 7) is 2.35. The number of rotatable bonds is 5. The second-order valence-corrected chi connectivity index (χ2v) is 10.3. The molecule has 0 radical (unpaired) electrons. The van der Waals surface area contributed by atoms with Crippen molar-refractivity contribution in [1.82, 2.24) is 10.6 Å². The predicted octanol–water partition coefficient (Wildman–Crippen LogP) is 4.41. The van der Waals surface area contributed by atoms with Gasteiger partial charge in [-0.05, 0) is 54.3 Å². The van der Waals surface area contributed by atoms with Gasteiger partial charge in [0, 0.05) is 36.2 Å². The van der Waals surface area contributed by atoms with E-state index < -0.39 is 12.1 Å². The molecule has 2 aliphatic heterocycles. The van der Waals surface area contributed by atoms with Crippen molar-refractivity contribution in [3.05, 3.63) is 98.5 Å². The minimum Gasteiger partial charge on any atom is -0.352 e. The Balaban J connectivity index is 1.48. The molecule has 1 unspecified atom stereocenters. The lowest BCUT2D eigenvalue weighted by atomic mass is 9.93. The molecule has 3 aromatic rings. The Morgan fingerprint density at radius 2 is 1.87 bits per heavy atom. The number of para-hydroxylation sites is 1. The molecule has 0 bridgehead atoms. The molecule has 194 valence electrons. The van der Waals surface area contributed by atoms with Gasteiger partial charge in [0.2, 0.25) is 12.1 Å². The van der Waals surface area contributed by atoms with E-state index in [0.29, 0.717) is 46.4 Å². The van der Waals surface area contributed by atoms with Crippen LogP contribution in [0.2, 0.25) is 10.0 Å². The number of benzene rings is 3. The van der Waals surface area contributed by atoms with Gasteiger partial charge in [-0.2, -0.15) is 0 Å². The number of amides is 3. The van der Waals surface area contributed by atoms with E-state index in [9.17, 15) is 14.4 Å². The van der Waals surface area contributed by atoms with Gasteiger partial charge >= 0.3 is 0 Å². The lowest BCUT2D eigenvalue weighted by Crippen LogP contribution is -2.47. The Morgan fingerprint density at radius 1 is 1.08 bits per heavy atom. The van der Waals surface area contributed by atoms with Crippen LogP contribution >= 0.6 is 23.2 Å². The number of nitrogens with one attached hydrogen (secondary N) is 2. The van der Waals surface area contributed by atoms with Crippen molar-refractivity contribution in [1.29, 1.82) is 0 Å². The van der Waals surface area contributed by atoms with E-state index in [2.05, 4.69) is 10.6 Å². The van der Waals surface area contributed by atoms with Gasteiger partial charge in [0.15, 0.2) is 0 Å². The molecule has 0 aromatic heterocycles. The Labute approximate surface area is 230 Å². The number of hydrogen-bond acceptors (Lipinski definition) is 4. The lowest BCUT2D eigenvalue weighted by Gasteiger charge is -2.22. The van der Waals surface area contributed by atoms with Crippen molar-refractivity contribution >= 4 is 52.3 Å². The second-order valence-electron chi connectivity index (χ2n) is 9.53. The number of likely N-dealkylation sites (N-methyl/N-ethyl adjacent to an activating group) is 1. The Kier molecular flexibility index (Phi) is 7.23. The molecular weight excluding hydrogens is 523 g/mol. The predicted molar refractivity (Wildman–Crippen MR) is 149 cm³/mol. The van der Waals surface area contributed by atoms with Gasteiger partial charge < -0.3 is 15.5 Å². The van der Waals surface area contributed by atoms with Crippen molar-refractivity contribution in [3.63, 3.8) is 0 Å². The summed E-state index contributed by atoms with van der Waals surface area (Å²) in [6.07, 6.45) is 0.00332. The number of carbonyl (C=O) groups is 3. The first kappa shape index (κ1) is 25.9. The van der Waals surface area contributed by atoms with Crippen LogP contribution in [0, 0.1) is 5.92 Å². The zero-order chi connectivity index (χ0) is 27.0. The van der Waals surface area contributed by atoms with E-state index in [-0.39, 0.29) is 17.7 Å². The van der Waals surface area contributed by atoms with Crippen LogP contribution in [0.4, 0.5) is 5.69 Å². The van der Waals surface area contributed by atoms with E-state index in [0.717, 1.165) is 22.3 Å². The molecule has 0 saturated carbocycles. The number of benzodiazepines with no additional fused rings is 1. The quantitative estimate of drug-likeness (QED) is 0.494. The summed E-state index contributed by atoms with van der Waals surface area (Å²) in [5.41, 5.74) is 5.23. The standard InChI is InChI=1S/C29H26Cl2N4O3/c1-16(13-17-7-10-22(30)23(31)14-17)27(36)34-26-29(38)35(2)24-6-4-3-5-21(24)25(33-26)19-8-9-20-18(15-19)11-12-32-28(20)37/h3-10,14-16,26H,11-13H2,1-2H3,(H,32,37)(H,34,36)/t16-,26?/m1/s1. The number of aliphatic imine (C=N–C) groups is 1. The van der Waals surface area contributed by atoms with Gasteiger partial charge in [0.05, 0.1) is 21.4 Å². The topological polar surface area (TPSA) is 90.9 Å². The highest BCUT2D eigenvalue weighted by molar-refractivity contribution is 6.42. The molecule has 2 atom stereocenters. The molecule has 9 heteroatoms. The zero-order valence-corrected chi connectivity index (χ0v) is 22.4. The lowest BCUT2D eigenvalue weighted by molar-refractivity contribution is -0.129. The van der Waals surface area contributed by atoms with Crippen LogP contribution in [-0.2, 0) is 22.4 Å². The Bertz CT molecular complexity index is 1490. The van der Waals surface area contributed by atoms with Crippen LogP contribution in [0.3, 0.4) is 0 Å². The van der Waals surface area contributed by atoms with Crippen molar-refractivity contribution < 1.29 is 14.4 Å². The third-order valence-corrected chi connectivity index (χ3v) is 7.64. The first-order chi connectivity index (χ1) is 18.2. The number of carbonyl (C=O) groups excluding carboxylic acids is 3. The molecule has 3 aromatic carbocycles. The number of fused-ring (bicyclic) bond motifs is 2. The Hall–Kier alpha value is -3.68. The van der Waals surface area contributed by atoms with E-state index >= 15 is 0 Å². The summed E-state index contributed by atoms with van der Waals surface area (Å²) >= 11 is 12.1. The maximum Gasteiger partial charge on any atom is 0.272 e. The van der Waals surface area contributed by atoms with Crippen LogP contribution in [0.1, 0.15) is 39.5 Å². The van der Waals surface area contributed by atoms with Crippen LogP contribution in [0.5, 0.6) is 0 Å². The molecule has 38 heavy (non-hydrogen) atoms. The third-order valence-electron chi connectivity index (χ3n) is 6.90. The fraction of sp³-hybridized carbons (Fsp3) is 0.241. The maximum atomic E-state index is 13.5. The summed E-state index contributed by atoms with van der Waals surface area (Å²) in [6, 6.07) is 18.3. The molecule has 0 spiro atoms. The normalized spacial score (nSPS) is 17.5. The average Bonchev–Trinajstić information content (AvgIpc) is 3.01. The first-order valence-corrected chi connectivity index (χ1v) is 13.1. The van der Waals surface area contributed by atoms with Gasteiger partial charge in [0.25, 0.3) is 11.8 Å².